The van der Waals surface area contributed by atoms with E-state index in [1.54, 1.807) is 13.8 Å². The second-order valence-corrected chi connectivity index (χ2v) is 8.66. The Hall–Kier alpha value is -1.86. The summed E-state index contributed by atoms with van der Waals surface area (Å²) in [7, 11) is -1.92. The van der Waals surface area contributed by atoms with Crippen molar-refractivity contribution in [1.82, 2.24) is 9.78 Å². The highest BCUT2D eigenvalue weighted by Gasteiger charge is 2.43. The number of H-pyrrole nitrogens is 1. The molecule has 0 saturated heterocycles. The van der Waals surface area contributed by atoms with Crippen LogP contribution in [-0.2, 0) is 22.3 Å². The maximum Gasteiger partial charge on any atom is 0.277 e. The van der Waals surface area contributed by atoms with E-state index < -0.39 is 26.6 Å². The Morgan fingerprint density at radius 1 is 1.30 bits per heavy atom. The molecule has 0 fully saturated rings. The molecule has 0 unspecified atom stereocenters. The fourth-order valence-corrected chi connectivity index (χ4v) is 5.80. The first-order valence-corrected chi connectivity index (χ1v) is 8.94. The fourth-order valence-electron chi connectivity index (χ4n) is 3.02. The Balaban J connectivity index is 2.24. The molecule has 1 aromatic heterocycles. The van der Waals surface area contributed by atoms with Crippen molar-refractivity contribution in [2.75, 3.05) is 5.75 Å². The minimum atomic E-state index is -3.41. The second-order valence-electron chi connectivity index (χ2n) is 6.32. The van der Waals surface area contributed by atoms with Crippen LogP contribution in [0, 0.1) is 0 Å². The van der Waals surface area contributed by atoms with Gasteiger partial charge in [-0.2, -0.15) is 0 Å². The Morgan fingerprint density at radius 2 is 1.96 bits per heavy atom. The van der Waals surface area contributed by atoms with Gasteiger partial charge in [-0.15, -0.1) is 0 Å². The first kappa shape index (κ1) is 16.0. The van der Waals surface area contributed by atoms with E-state index in [9.17, 15) is 18.0 Å². The van der Waals surface area contributed by atoms with E-state index in [0.29, 0.717) is 5.56 Å². The maximum absolute atomic E-state index is 12.6. The summed E-state index contributed by atoms with van der Waals surface area (Å²) >= 11 is 6.37. The SMILES string of the molecule is Cn1[nH]cc(C(=O)c2ccc3c(c2Cl)C(C)(C)CS3(=O)=O)c1=O. The van der Waals surface area contributed by atoms with E-state index in [1.165, 1.54) is 30.1 Å². The molecule has 1 N–H and O–H groups in total. The molecule has 0 radical (unpaired) electrons. The molecule has 0 saturated carbocycles. The molecule has 2 heterocycles. The number of ketones is 1. The lowest BCUT2D eigenvalue weighted by atomic mass is 9.85. The molecule has 122 valence electrons. The summed E-state index contributed by atoms with van der Waals surface area (Å²) in [6, 6.07) is 2.77. The van der Waals surface area contributed by atoms with Gasteiger partial charge in [0.15, 0.2) is 9.84 Å². The highest BCUT2D eigenvalue weighted by Crippen LogP contribution is 2.44. The first-order valence-electron chi connectivity index (χ1n) is 6.91. The van der Waals surface area contributed by atoms with Crippen LogP contribution in [0.4, 0.5) is 0 Å². The minimum Gasteiger partial charge on any atom is -0.302 e. The van der Waals surface area contributed by atoms with Crippen LogP contribution in [0.2, 0.25) is 5.02 Å². The van der Waals surface area contributed by atoms with Crippen molar-refractivity contribution in [3.8, 4) is 0 Å². The molecule has 0 bridgehead atoms. The van der Waals surface area contributed by atoms with Gasteiger partial charge < -0.3 is 5.10 Å². The summed E-state index contributed by atoms with van der Waals surface area (Å²) < 4.78 is 25.6. The predicted octanol–water partition coefficient (Wildman–Crippen LogP) is 1.66. The Morgan fingerprint density at radius 3 is 2.52 bits per heavy atom. The van der Waals surface area contributed by atoms with Gasteiger partial charge in [0.1, 0.15) is 5.56 Å². The molecule has 0 aliphatic carbocycles. The van der Waals surface area contributed by atoms with Crippen LogP contribution >= 0.6 is 11.6 Å². The van der Waals surface area contributed by atoms with Crippen molar-refractivity contribution < 1.29 is 13.2 Å². The van der Waals surface area contributed by atoms with Crippen LogP contribution in [0.3, 0.4) is 0 Å². The Labute approximate surface area is 138 Å². The standard InChI is InChI=1S/C15H15ClN2O4S/c1-15(2)7-23(21,22)10-5-4-8(12(16)11(10)15)13(19)9-6-17-18(3)14(9)20/h4-6,17H,7H2,1-3H3. The number of aryl methyl sites for hydroxylation is 1. The molecular formula is C15H15ClN2O4S. The molecule has 8 heteroatoms. The van der Waals surface area contributed by atoms with E-state index in [4.69, 9.17) is 11.6 Å². The average Bonchev–Trinajstić information content (AvgIpc) is 2.85. The number of aromatic amines is 1. The van der Waals surface area contributed by atoms with Crippen molar-refractivity contribution in [2.24, 2.45) is 7.05 Å². The number of hydrogen-bond donors (Lipinski definition) is 1. The second kappa shape index (κ2) is 4.82. The van der Waals surface area contributed by atoms with Crippen molar-refractivity contribution in [3.63, 3.8) is 0 Å². The molecule has 0 atom stereocenters. The van der Waals surface area contributed by atoms with Gasteiger partial charge in [0, 0.05) is 24.2 Å². The van der Waals surface area contributed by atoms with Crippen LogP contribution < -0.4 is 5.56 Å². The molecule has 0 amide bonds. The van der Waals surface area contributed by atoms with Gasteiger partial charge in [0.25, 0.3) is 5.56 Å². The number of rotatable bonds is 2. The van der Waals surface area contributed by atoms with Gasteiger partial charge >= 0.3 is 0 Å². The zero-order chi connectivity index (χ0) is 17.2. The number of aromatic nitrogens is 2. The zero-order valence-electron chi connectivity index (χ0n) is 12.8. The number of fused-ring (bicyclic) bond motifs is 1. The van der Waals surface area contributed by atoms with Crippen LogP contribution in [0.25, 0.3) is 0 Å². The first-order chi connectivity index (χ1) is 10.6. The van der Waals surface area contributed by atoms with Gasteiger partial charge in [-0.25, -0.2) is 8.42 Å². The summed E-state index contributed by atoms with van der Waals surface area (Å²) in [6.07, 6.45) is 1.32. The topological polar surface area (TPSA) is 89.0 Å². The number of carbonyl (C=O) groups excluding carboxylic acids is 1. The molecular weight excluding hydrogens is 340 g/mol. The molecule has 0 spiro atoms. The molecule has 1 aliphatic heterocycles. The summed E-state index contributed by atoms with van der Waals surface area (Å²) in [5.74, 6) is -0.585. The number of halogens is 1. The normalized spacial score (nSPS) is 17.9. The third-order valence-electron chi connectivity index (χ3n) is 4.09. The van der Waals surface area contributed by atoms with Gasteiger partial charge in [-0.3, -0.25) is 14.3 Å². The zero-order valence-corrected chi connectivity index (χ0v) is 14.4. The molecule has 2 aromatic rings. The third-order valence-corrected chi connectivity index (χ3v) is 6.60. The molecule has 1 aliphatic rings. The molecule has 23 heavy (non-hydrogen) atoms. The van der Waals surface area contributed by atoms with Crippen LogP contribution in [-0.4, -0.2) is 29.7 Å². The molecule has 3 rings (SSSR count). The number of nitrogens with one attached hydrogen (secondary N) is 1. The van der Waals surface area contributed by atoms with E-state index >= 15 is 0 Å². The van der Waals surface area contributed by atoms with Crippen molar-refractivity contribution in [2.45, 2.75) is 24.2 Å². The summed E-state index contributed by atoms with van der Waals surface area (Å²) in [6.45, 7) is 3.54. The number of nitrogens with zero attached hydrogens (tertiary/aromatic N) is 1. The smallest absolute Gasteiger partial charge is 0.277 e. The number of sulfone groups is 1. The Kier molecular flexibility index (Phi) is 3.35. The van der Waals surface area contributed by atoms with Gasteiger partial charge in [-0.05, 0) is 17.7 Å². The maximum atomic E-state index is 12.6. The molecule has 6 nitrogen and oxygen atoms in total. The van der Waals surface area contributed by atoms with E-state index in [2.05, 4.69) is 5.10 Å². The quantitative estimate of drug-likeness (QED) is 0.831. The predicted molar refractivity (Wildman–Crippen MR) is 86.0 cm³/mol. The lowest BCUT2D eigenvalue weighted by molar-refractivity contribution is 0.103. The highest BCUT2D eigenvalue weighted by atomic mass is 35.5. The van der Waals surface area contributed by atoms with E-state index in [0.717, 1.165) is 0 Å². The lowest BCUT2D eigenvalue weighted by Gasteiger charge is -2.19. The third kappa shape index (κ3) is 2.26. The van der Waals surface area contributed by atoms with E-state index in [-0.39, 0.29) is 26.8 Å². The van der Waals surface area contributed by atoms with Gasteiger partial charge in [-0.1, -0.05) is 25.4 Å². The van der Waals surface area contributed by atoms with Crippen LogP contribution in [0.15, 0.2) is 28.0 Å². The van der Waals surface area contributed by atoms with Gasteiger partial charge in [0.2, 0.25) is 5.78 Å². The summed E-state index contributed by atoms with van der Waals surface area (Å²) in [4.78, 5) is 24.7. The van der Waals surface area contributed by atoms with Crippen molar-refractivity contribution >= 4 is 27.2 Å². The van der Waals surface area contributed by atoms with Crippen LogP contribution in [0.5, 0.6) is 0 Å². The lowest BCUT2D eigenvalue weighted by Crippen LogP contribution is -2.21. The van der Waals surface area contributed by atoms with Crippen molar-refractivity contribution in [3.05, 3.63) is 50.4 Å². The minimum absolute atomic E-state index is 0.0342. The summed E-state index contributed by atoms with van der Waals surface area (Å²) in [5, 5.41) is 2.73. The van der Waals surface area contributed by atoms with Crippen LogP contribution in [0.1, 0.15) is 35.3 Å². The van der Waals surface area contributed by atoms with Crippen molar-refractivity contribution in [1.29, 1.82) is 0 Å². The number of benzene rings is 1. The molecule has 1 aromatic carbocycles. The average molecular weight is 355 g/mol. The number of hydrogen-bond acceptors (Lipinski definition) is 4. The van der Waals surface area contributed by atoms with E-state index in [1.807, 2.05) is 0 Å². The van der Waals surface area contributed by atoms with Gasteiger partial charge in [0.05, 0.1) is 15.7 Å². The fraction of sp³-hybridized carbons (Fsp3) is 0.333. The largest absolute Gasteiger partial charge is 0.302 e. The monoisotopic (exact) mass is 354 g/mol. The summed E-state index contributed by atoms with van der Waals surface area (Å²) in [5.41, 5.74) is -0.610. The number of carbonyl (C=O) groups is 1. The Bertz CT molecular complexity index is 999. The highest BCUT2D eigenvalue weighted by molar-refractivity contribution is 7.91.